The fourth-order valence-corrected chi connectivity index (χ4v) is 6.74. The van der Waals surface area contributed by atoms with Crippen LogP contribution in [0, 0.1) is 0 Å². The van der Waals surface area contributed by atoms with Gasteiger partial charge < -0.3 is 0 Å². The van der Waals surface area contributed by atoms with Gasteiger partial charge in [-0.25, -0.2) is 8.42 Å². The standard InChI is InChI=1S/C12H12ClN5O2S3/c13-9-1-2-10(21-9)23(19,20)17-5-3-8(4-6-17)11-16-18-7-14-15-12(18)22-11/h1-2,7-8H,3-6H2. The van der Waals surface area contributed by atoms with Crippen LogP contribution < -0.4 is 0 Å². The van der Waals surface area contributed by atoms with E-state index in [2.05, 4.69) is 15.3 Å². The van der Waals surface area contributed by atoms with Gasteiger partial charge in [-0.05, 0) is 25.0 Å². The summed E-state index contributed by atoms with van der Waals surface area (Å²) in [5.41, 5.74) is 0. The third kappa shape index (κ3) is 2.78. The van der Waals surface area contributed by atoms with Crippen LogP contribution in [0.15, 0.2) is 22.7 Å². The molecule has 23 heavy (non-hydrogen) atoms. The monoisotopic (exact) mass is 389 g/mol. The van der Waals surface area contributed by atoms with Gasteiger partial charge in [0.15, 0.2) is 0 Å². The molecule has 4 rings (SSSR count). The average Bonchev–Trinajstić information content (AvgIpc) is 3.22. The third-order valence-corrected chi connectivity index (χ3v) is 8.52. The van der Waals surface area contributed by atoms with Crippen molar-refractivity contribution in [2.75, 3.05) is 13.1 Å². The lowest BCUT2D eigenvalue weighted by Crippen LogP contribution is -2.37. The number of rotatable bonds is 3. The van der Waals surface area contributed by atoms with Crippen LogP contribution in [-0.4, -0.2) is 45.6 Å². The van der Waals surface area contributed by atoms with Crippen LogP contribution in [0.4, 0.5) is 0 Å². The van der Waals surface area contributed by atoms with Gasteiger partial charge in [0, 0.05) is 19.0 Å². The Morgan fingerprint density at radius 2 is 2.00 bits per heavy atom. The van der Waals surface area contributed by atoms with Crippen molar-refractivity contribution in [3.05, 3.63) is 27.8 Å². The molecule has 3 aromatic rings. The molecule has 4 heterocycles. The van der Waals surface area contributed by atoms with Crippen molar-refractivity contribution in [3.8, 4) is 0 Å². The molecule has 0 unspecified atom stereocenters. The molecule has 3 aromatic heterocycles. The van der Waals surface area contributed by atoms with Crippen LogP contribution in [0.1, 0.15) is 23.8 Å². The van der Waals surface area contributed by atoms with Crippen molar-refractivity contribution < 1.29 is 8.42 Å². The van der Waals surface area contributed by atoms with Crippen LogP contribution in [0.3, 0.4) is 0 Å². The van der Waals surface area contributed by atoms with Gasteiger partial charge in [0.1, 0.15) is 15.5 Å². The van der Waals surface area contributed by atoms with E-state index in [-0.39, 0.29) is 5.92 Å². The molecule has 0 spiro atoms. The maximum atomic E-state index is 12.6. The number of hydrogen-bond acceptors (Lipinski definition) is 7. The van der Waals surface area contributed by atoms with Crippen LogP contribution in [0.25, 0.3) is 4.96 Å². The zero-order chi connectivity index (χ0) is 16.0. The fourth-order valence-electron chi connectivity index (χ4n) is 2.65. The van der Waals surface area contributed by atoms with Gasteiger partial charge in [0.05, 0.1) is 4.34 Å². The Kier molecular flexibility index (Phi) is 3.88. The van der Waals surface area contributed by atoms with Crippen molar-refractivity contribution in [1.82, 2.24) is 24.1 Å². The van der Waals surface area contributed by atoms with E-state index in [1.165, 1.54) is 15.6 Å². The Hall–Kier alpha value is -1.07. The Balaban J connectivity index is 1.49. The lowest BCUT2D eigenvalue weighted by Gasteiger charge is -2.29. The van der Waals surface area contributed by atoms with Crippen molar-refractivity contribution in [2.45, 2.75) is 23.0 Å². The van der Waals surface area contributed by atoms with Gasteiger partial charge in [-0.3, -0.25) is 0 Å². The molecule has 1 saturated heterocycles. The maximum Gasteiger partial charge on any atom is 0.252 e. The van der Waals surface area contributed by atoms with Crippen molar-refractivity contribution in [3.63, 3.8) is 0 Å². The average molecular weight is 390 g/mol. The summed E-state index contributed by atoms with van der Waals surface area (Å²) in [6, 6.07) is 3.18. The highest BCUT2D eigenvalue weighted by Crippen LogP contribution is 2.34. The van der Waals surface area contributed by atoms with E-state index in [1.54, 1.807) is 23.0 Å². The molecule has 0 N–H and O–H groups in total. The number of hydrogen-bond donors (Lipinski definition) is 0. The van der Waals surface area contributed by atoms with E-state index in [4.69, 9.17) is 11.6 Å². The number of thiophene rings is 1. The molecular formula is C12H12ClN5O2S3. The molecule has 0 aliphatic carbocycles. The quantitative estimate of drug-likeness (QED) is 0.687. The Bertz CT molecular complexity index is 910. The van der Waals surface area contributed by atoms with Crippen molar-refractivity contribution >= 4 is 49.3 Å². The summed E-state index contributed by atoms with van der Waals surface area (Å²) in [6.45, 7) is 0.978. The Morgan fingerprint density at radius 3 is 2.65 bits per heavy atom. The molecule has 1 fully saturated rings. The second-order valence-electron chi connectivity index (χ2n) is 5.24. The summed E-state index contributed by atoms with van der Waals surface area (Å²) < 4.78 is 29.2. The maximum absolute atomic E-state index is 12.6. The van der Waals surface area contributed by atoms with E-state index in [1.807, 2.05) is 0 Å². The topological polar surface area (TPSA) is 80.5 Å². The number of fused-ring (bicyclic) bond motifs is 1. The van der Waals surface area contributed by atoms with Gasteiger partial charge in [-0.1, -0.05) is 22.9 Å². The molecule has 0 saturated carbocycles. The molecule has 0 radical (unpaired) electrons. The summed E-state index contributed by atoms with van der Waals surface area (Å²) in [7, 11) is -3.44. The highest BCUT2D eigenvalue weighted by Gasteiger charge is 2.32. The first-order valence-corrected chi connectivity index (χ1v) is 10.4. The van der Waals surface area contributed by atoms with Crippen LogP contribution in [0.5, 0.6) is 0 Å². The molecule has 0 bridgehead atoms. The number of nitrogens with zero attached hydrogens (tertiary/aromatic N) is 5. The van der Waals surface area contributed by atoms with Crippen molar-refractivity contribution in [2.24, 2.45) is 0 Å². The summed E-state index contributed by atoms with van der Waals surface area (Å²) in [5.74, 6) is 0.264. The molecule has 7 nitrogen and oxygen atoms in total. The van der Waals surface area contributed by atoms with Gasteiger partial charge >= 0.3 is 0 Å². The molecule has 1 aliphatic heterocycles. The first-order valence-electron chi connectivity index (χ1n) is 6.96. The molecule has 0 amide bonds. The third-order valence-electron chi connectivity index (χ3n) is 3.85. The highest BCUT2D eigenvalue weighted by molar-refractivity contribution is 7.91. The zero-order valence-electron chi connectivity index (χ0n) is 11.8. The van der Waals surface area contributed by atoms with Gasteiger partial charge in [-0.15, -0.1) is 21.5 Å². The molecule has 11 heteroatoms. The predicted molar refractivity (Wildman–Crippen MR) is 88.7 cm³/mol. The number of piperidine rings is 1. The zero-order valence-corrected chi connectivity index (χ0v) is 15.0. The summed E-state index contributed by atoms with van der Waals surface area (Å²) >= 11 is 8.46. The molecular weight excluding hydrogens is 378 g/mol. The molecule has 122 valence electrons. The van der Waals surface area contributed by atoms with Crippen LogP contribution in [-0.2, 0) is 10.0 Å². The largest absolute Gasteiger partial charge is 0.252 e. The Labute approximate surface area is 145 Å². The van der Waals surface area contributed by atoms with E-state index >= 15 is 0 Å². The van der Waals surface area contributed by atoms with Crippen LogP contribution >= 0.6 is 34.3 Å². The summed E-state index contributed by atoms with van der Waals surface area (Å²) in [6.07, 6.45) is 3.08. The minimum atomic E-state index is -3.44. The summed E-state index contributed by atoms with van der Waals surface area (Å²) in [5, 5.41) is 13.2. The lowest BCUT2D eigenvalue weighted by molar-refractivity contribution is 0.319. The smallest absolute Gasteiger partial charge is 0.206 e. The minimum Gasteiger partial charge on any atom is -0.206 e. The first-order chi connectivity index (χ1) is 11.0. The Morgan fingerprint density at radius 1 is 1.22 bits per heavy atom. The normalized spacial score (nSPS) is 18.0. The van der Waals surface area contributed by atoms with Gasteiger partial charge in [0.25, 0.3) is 10.0 Å². The summed E-state index contributed by atoms with van der Waals surface area (Å²) in [4.78, 5) is 0.767. The highest BCUT2D eigenvalue weighted by atomic mass is 35.5. The first kappa shape index (κ1) is 15.5. The van der Waals surface area contributed by atoms with Crippen molar-refractivity contribution in [1.29, 1.82) is 0 Å². The lowest BCUT2D eigenvalue weighted by atomic mass is 9.99. The fraction of sp³-hybridized carbons (Fsp3) is 0.417. The molecule has 0 atom stereocenters. The second kappa shape index (κ2) is 5.78. The SMILES string of the molecule is O=S(=O)(c1ccc(Cl)s1)N1CCC(c2nn3cnnc3s2)CC1. The van der Waals surface area contributed by atoms with E-state index < -0.39 is 10.0 Å². The minimum absolute atomic E-state index is 0.264. The number of aromatic nitrogens is 4. The van der Waals surface area contributed by atoms with Gasteiger partial charge in [0.2, 0.25) is 4.96 Å². The van der Waals surface area contributed by atoms with Crippen LogP contribution in [0.2, 0.25) is 4.34 Å². The molecule has 0 aromatic carbocycles. The van der Waals surface area contributed by atoms with E-state index in [0.717, 1.165) is 34.1 Å². The number of halogens is 1. The predicted octanol–water partition coefficient (Wildman–Crippen LogP) is 2.47. The van der Waals surface area contributed by atoms with E-state index in [9.17, 15) is 8.42 Å². The number of sulfonamides is 1. The second-order valence-corrected chi connectivity index (χ2v) is 10.1. The van der Waals surface area contributed by atoms with E-state index in [0.29, 0.717) is 21.6 Å². The molecule has 1 aliphatic rings. The van der Waals surface area contributed by atoms with Gasteiger partial charge in [-0.2, -0.15) is 13.9 Å².